The fourth-order valence-electron chi connectivity index (χ4n) is 7.41. The first-order chi connectivity index (χ1) is 13.1. The molecule has 6 aliphatic carbocycles. The predicted octanol–water partition coefficient (Wildman–Crippen LogP) is 4.27. The molecular weight excluding hydrogens is 340 g/mol. The second-order valence-electron chi connectivity index (χ2n) is 10.0. The van der Waals surface area contributed by atoms with E-state index in [1.54, 1.807) is 0 Å². The molecule has 1 aromatic rings. The van der Waals surface area contributed by atoms with Crippen LogP contribution in [0.1, 0.15) is 79.3 Å². The first-order valence-electron chi connectivity index (χ1n) is 10.7. The maximum Gasteiger partial charge on any atom is 0.356 e. The fourth-order valence-corrected chi connectivity index (χ4v) is 7.41. The summed E-state index contributed by atoms with van der Waals surface area (Å²) in [5.74, 6) is 3.89. The van der Waals surface area contributed by atoms with Crippen LogP contribution in [0.15, 0.2) is 12.2 Å². The van der Waals surface area contributed by atoms with E-state index in [2.05, 4.69) is 22.1 Å². The highest BCUT2D eigenvalue weighted by atomic mass is 16.5. The van der Waals surface area contributed by atoms with Crippen LogP contribution >= 0.6 is 0 Å². The Morgan fingerprint density at radius 1 is 1.11 bits per heavy atom. The van der Waals surface area contributed by atoms with Crippen LogP contribution < -0.4 is 0 Å². The lowest BCUT2D eigenvalue weighted by molar-refractivity contribution is -0.169. The Labute approximate surface area is 159 Å². The average molecular weight is 368 g/mol. The number of aromatic carboxylic acids is 1. The Morgan fingerprint density at radius 3 is 2.37 bits per heavy atom. The maximum atomic E-state index is 11.8. The number of H-pyrrole nitrogens is 1. The first kappa shape index (κ1) is 16.3. The van der Waals surface area contributed by atoms with E-state index in [1.165, 1.54) is 44.9 Å². The molecule has 1 heterocycles. The summed E-state index contributed by atoms with van der Waals surface area (Å²) in [6.07, 6.45) is 14.5. The number of ether oxygens (including phenoxy) is 1. The number of allylic oxidation sites excluding steroid dienone is 2. The molecule has 6 bridgehead atoms. The van der Waals surface area contributed by atoms with Crippen LogP contribution in [0, 0.1) is 29.6 Å². The standard InChI is InChI=1S/C22H28N2O3/c25-21(26)19-18(23-20(24-19)17-7-12-1-2-16(17)6-12)11-27-22-8-13-3-14(9-22)5-15(4-13)10-22/h1-2,12-17H,3-11H2,(H,23,24)(H,25,26)/t12?,13?,14?,15?,16-,17+,22?/m1/s1. The number of nitrogens with zero attached hydrogens (tertiary/aromatic N) is 1. The number of carboxylic acid groups (broad SMARTS) is 1. The molecule has 144 valence electrons. The third kappa shape index (κ3) is 2.61. The van der Waals surface area contributed by atoms with E-state index in [4.69, 9.17) is 4.74 Å². The smallest absolute Gasteiger partial charge is 0.356 e. The van der Waals surface area contributed by atoms with Gasteiger partial charge in [0.05, 0.1) is 17.9 Å². The second kappa shape index (κ2) is 5.69. The van der Waals surface area contributed by atoms with E-state index in [0.29, 0.717) is 30.1 Å². The third-order valence-electron chi connectivity index (χ3n) is 8.13. The number of aromatic amines is 1. The van der Waals surface area contributed by atoms with Crippen LogP contribution in [0.2, 0.25) is 0 Å². The van der Waals surface area contributed by atoms with Crippen LogP contribution in [0.4, 0.5) is 0 Å². The van der Waals surface area contributed by atoms with Crippen molar-refractivity contribution in [2.45, 2.75) is 69.5 Å². The summed E-state index contributed by atoms with van der Waals surface area (Å²) in [6, 6.07) is 0. The summed E-state index contributed by atoms with van der Waals surface area (Å²) in [5, 5.41) is 9.66. The highest BCUT2D eigenvalue weighted by Crippen LogP contribution is 2.57. The van der Waals surface area contributed by atoms with Gasteiger partial charge in [0.15, 0.2) is 5.69 Å². The summed E-state index contributed by atoms with van der Waals surface area (Å²) < 4.78 is 6.51. The van der Waals surface area contributed by atoms with Gasteiger partial charge in [0.25, 0.3) is 0 Å². The zero-order valence-corrected chi connectivity index (χ0v) is 15.7. The van der Waals surface area contributed by atoms with E-state index in [0.717, 1.165) is 30.0 Å². The molecule has 0 aromatic carbocycles. The minimum Gasteiger partial charge on any atom is -0.476 e. The average Bonchev–Trinajstić information content (AvgIpc) is 3.34. The highest BCUT2D eigenvalue weighted by molar-refractivity contribution is 5.86. The Balaban J connectivity index is 1.23. The molecule has 2 N–H and O–H groups in total. The van der Waals surface area contributed by atoms with Crippen LogP contribution in [0.3, 0.4) is 0 Å². The van der Waals surface area contributed by atoms with Gasteiger partial charge in [0.2, 0.25) is 0 Å². The normalized spacial score (nSPS) is 43.7. The van der Waals surface area contributed by atoms with Crippen molar-refractivity contribution in [2.24, 2.45) is 29.6 Å². The van der Waals surface area contributed by atoms with Gasteiger partial charge in [-0.2, -0.15) is 0 Å². The number of fused-ring (bicyclic) bond motifs is 2. The summed E-state index contributed by atoms with van der Waals surface area (Å²) in [7, 11) is 0. The molecule has 5 saturated carbocycles. The SMILES string of the molecule is O=C(O)c1nc([C@H]2CC3C=C[C@@H]2C3)[nH]c1COC12CC3CC(CC(C3)C1)C2. The molecular formula is C22H28N2O3. The Hall–Kier alpha value is -1.62. The van der Waals surface area contributed by atoms with Crippen LogP contribution in [0.25, 0.3) is 0 Å². The van der Waals surface area contributed by atoms with Crippen molar-refractivity contribution >= 4 is 5.97 Å². The topological polar surface area (TPSA) is 75.2 Å². The Kier molecular flexibility index (Phi) is 3.45. The van der Waals surface area contributed by atoms with Crippen molar-refractivity contribution < 1.29 is 14.6 Å². The zero-order valence-electron chi connectivity index (χ0n) is 15.7. The van der Waals surface area contributed by atoms with E-state index >= 15 is 0 Å². The van der Waals surface area contributed by atoms with Crippen molar-refractivity contribution in [3.63, 3.8) is 0 Å². The molecule has 6 aliphatic rings. The molecule has 3 atom stereocenters. The van der Waals surface area contributed by atoms with Crippen LogP contribution in [-0.2, 0) is 11.3 Å². The minimum atomic E-state index is -0.944. The molecule has 5 fully saturated rings. The van der Waals surface area contributed by atoms with E-state index < -0.39 is 5.97 Å². The molecule has 7 rings (SSSR count). The predicted molar refractivity (Wildman–Crippen MR) is 99.3 cm³/mol. The number of rotatable bonds is 5. The minimum absolute atomic E-state index is 0.00897. The molecule has 0 saturated heterocycles. The summed E-state index contributed by atoms with van der Waals surface area (Å²) >= 11 is 0. The molecule has 0 aliphatic heterocycles. The number of carbonyl (C=O) groups is 1. The molecule has 0 amide bonds. The van der Waals surface area contributed by atoms with Crippen molar-refractivity contribution in [3.05, 3.63) is 29.4 Å². The molecule has 5 nitrogen and oxygen atoms in total. The molecule has 1 aromatic heterocycles. The number of aromatic nitrogens is 2. The van der Waals surface area contributed by atoms with Crippen LogP contribution in [-0.4, -0.2) is 26.6 Å². The van der Waals surface area contributed by atoms with Gasteiger partial charge < -0.3 is 14.8 Å². The number of hydrogen-bond donors (Lipinski definition) is 2. The van der Waals surface area contributed by atoms with Gasteiger partial charge in [-0.25, -0.2) is 9.78 Å². The van der Waals surface area contributed by atoms with Crippen molar-refractivity contribution in [2.75, 3.05) is 0 Å². The summed E-state index contributed by atoms with van der Waals surface area (Å²) in [6.45, 7) is 0.359. The van der Waals surface area contributed by atoms with Gasteiger partial charge in [-0.05, 0) is 81.0 Å². The summed E-state index contributed by atoms with van der Waals surface area (Å²) in [5.41, 5.74) is 0.826. The largest absolute Gasteiger partial charge is 0.476 e. The van der Waals surface area contributed by atoms with Crippen molar-refractivity contribution in [3.8, 4) is 0 Å². The van der Waals surface area contributed by atoms with Gasteiger partial charge in [0.1, 0.15) is 5.82 Å². The molecule has 27 heavy (non-hydrogen) atoms. The fraction of sp³-hybridized carbons (Fsp3) is 0.727. The zero-order chi connectivity index (χ0) is 18.2. The number of nitrogens with one attached hydrogen (secondary N) is 1. The Morgan fingerprint density at radius 2 is 1.81 bits per heavy atom. The van der Waals surface area contributed by atoms with Crippen LogP contribution in [0.5, 0.6) is 0 Å². The van der Waals surface area contributed by atoms with Crippen molar-refractivity contribution in [1.29, 1.82) is 0 Å². The molecule has 5 heteroatoms. The number of hydrogen-bond acceptors (Lipinski definition) is 3. The van der Waals surface area contributed by atoms with Gasteiger partial charge in [-0.1, -0.05) is 12.2 Å². The van der Waals surface area contributed by atoms with E-state index in [1.807, 2.05) is 0 Å². The van der Waals surface area contributed by atoms with E-state index in [-0.39, 0.29) is 11.3 Å². The van der Waals surface area contributed by atoms with Gasteiger partial charge in [0, 0.05) is 5.92 Å². The lowest BCUT2D eigenvalue weighted by Gasteiger charge is -2.56. The molecule has 1 unspecified atom stereocenters. The monoisotopic (exact) mass is 368 g/mol. The lowest BCUT2D eigenvalue weighted by atomic mass is 9.54. The highest BCUT2D eigenvalue weighted by Gasteiger charge is 2.51. The Bertz CT molecular complexity index is 775. The van der Waals surface area contributed by atoms with Gasteiger partial charge in [-0.15, -0.1) is 0 Å². The quantitative estimate of drug-likeness (QED) is 0.761. The first-order valence-corrected chi connectivity index (χ1v) is 10.7. The lowest BCUT2D eigenvalue weighted by Crippen LogP contribution is -2.51. The number of imidazole rings is 1. The molecule has 0 spiro atoms. The second-order valence-corrected chi connectivity index (χ2v) is 10.0. The van der Waals surface area contributed by atoms with Crippen molar-refractivity contribution in [1.82, 2.24) is 9.97 Å². The number of carboxylic acids is 1. The van der Waals surface area contributed by atoms with Gasteiger partial charge in [-0.3, -0.25) is 0 Å². The third-order valence-corrected chi connectivity index (χ3v) is 8.13. The maximum absolute atomic E-state index is 11.8. The van der Waals surface area contributed by atoms with E-state index in [9.17, 15) is 9.90 Å². The summed E-state index contributed by atoms with van der Waals surface area (Å²) in [4.78, 5) is 19.7. The van der Waals surface area contributed by atoms with Gasteiger partial charge >= 0.3 is 5.97 Å². The molecule has 0 radical (unpaired) electrons.